The van der Waals surface area contributed by atoms with E-state index in [1.54, 1.807) is 7.11 Å². The molecule has 0 aromatic carbocycles. The van der Waals surface area contributed by atoms with Crippen molar-refractivity contribution in [3.63, 3.8) is 0 Å². The molecule has 0 spiro atoms. The SMILES string of the molecule is CCC(C)CC(O)C1(OC)CCCC(C)C1. The summed E-state index contributed by atoms with van der Waals surface area (Å²) in [6.45, 7) is 6.65. The van der Waals surface area contributed by atoms with Crippen molar-refractivity contribution >= 4 is 0 Å². The highest BCUT2D eigenvalue weighted by atomic mass is 16.5. The van der Waals surface area contributed by atoms with Crippen LogP contribution in [0.3, 0.4) is 0 Å². The topological polar surface area (TPSA) is 29.5 Å². The zero-order valence-electron chi connectivity index (χ0n) is 11.3. The molecule has 1 rings (SSSR count). The molecule has 0 aromatic rings. The van der Waals surface area contributed by atoms with Crippen molar-refractivity contribution in [2.75, 3.05) is 7.11 Å². The number of hydrogen-bond donors (Lipinski definition) is 1. The van der Waals surface area contributed by atoms with Gasteiger partial charge >= 0.3 is 0 Å². The van der Waals surface area contributed by atoms with Crippen LogP contribution < -0.4 is 0 Å². The number of ether oxygens (including phenoxy) is 1. The van der Waals surface area contributed by atoms with E-state index in [1.165, 1.54) is 12.8 Å². The Balaban J connectivity index is 2.63. The Labute approximate surface area is 100 Å². The van der Waals surface area contributed by atoms with Crippen LogP contribution in [0, 0.1) is 11.8 Å². The summed E-state index contributed by atoms with van der Waals surface area (Å²) in [5, 5.41) is 10.4. The van der Waals surface area contributed by atoms with Crippen LogP contribution >= 0.6 is 0 Å². The highest BCUT2D eigenvalue weighted by Crippen LogP contribution is 2.39. The van der Waals surface area contributed by atoms with Gasteiger partial charge < -0.3 is 9.84 Å². The van der Waals surface area contributed by atoms with E-state index in [0.29, 0.717) is 11.8 Å². The summed E-state index contributed by atoms with van der Waals surface area (Å²) < 4.78 is 5.71. The molecule has 4 unspecified atom stereocenters. The summed E-state index contributed by atoms with van der Waals surface area (Å²) in [5.41, 5.74) is -0.263. The van der Waals surface area contributed by atoms with E-state index in [-0.39, 0.29) is 11.7 Å². The zero-order valence-corrected chi connectivity index (χ0v) is 11.3. The lowest BCUT2D eigenvalue weighted by molar-refractivity contribution is -0.137. The van der Waals surface area contributed by atoms with Crippen LogP contribution in [0.25, 0.3) is 0 Å². The van der Waals surface area contributed by atoms with Crippen molar-refractivity contribution in [3.05, 3.63) is 0 Å². The summed E-state index contributed by atoms with van der Waals surface area (Å²) in [6, 6.07) is 0. The maximum Gasteiger partial charge on any atom is 0.0939 e. The molecule has 1 fully saturated rings. The smallest absolute Gasteiger partial charge is 0.0939 e. The predicted molar refractivity (Wildman–Crippen MR) is 67.5 cm³/mol. The molecule has 1 aliphatic rings. The minimum Gasteiger partial charge on any atom is -0.390 e. The van der Waals surface area contributed by atoms with Crippen LogP contribution in [0.2, 0.25) is 0 Å². The van der Waals surface area contributed by atoms with Crippen molar-refractivity contribution in [2.45, 2.75) is 71.0 Å². The minimum absolute atomic E-state index is 0.263. The molecule has 0 radical (unpaired) electrons. The van der Waals surface area contributed by atoms with E-state index in [1.807, 2.05) is 0 Å². The minimum atomic E-state index is -0.296. The Kier molecular flexibility index (Phi) is 5.26. The molecule has 0 aromatic heterocycles. The lowest BCUT2D eigenvalue weighted by atomic mass is 9.73. The normalized spacial score (nSPS) is 34.7. The van der Waals surface area contributed by atoms with Crippen LogP contribution in [-0.4, -0.2) is 23.9 Å². The second-order valence-corrected chi connectivity index (χ2v) is 5.74. The van der Waals surface area contributed by atoms with Gasteiger partial charge in [0.15, 0.2) is 0 Å². The number of aliphatic hydroxyl groups is 1. The Bertz CT molecular complexity index is 205. The van der Waals surface area contributed by atoms with Crippen molar-refractivity contribution in [1.82, 2.24) is 0 Å². The highest BCUT2D eigenvalue weighted by molar-refractivity contribution is 4.93. The molecule has 96 valence electrons. The molecule has 2 heteroatoms. The first kappa shape index (κ1) is 14.0. The second kappa shape index (κ2) is 6.02. The highest BCUT2D eigenvalue weighted by Gasteiger charge is 2.41. The van der Waals surface area contributed by atoms with Crippen molar-refractivity contribution < 1.29 is 9.84 Å². The number of methoxy groups -OCH3 is 1. The van der Waals surface area contributed by atoms with Gasteiger partial charge in [-0.2, -0.15) is 0 Å². The fourth-order valence-electron chi connectivity index (χ4n) is 2.93. The second-order valence-electron chi connectivity index (χ2n) is 5.74. The van der Waals surface area contributed by atoms with Gasteiger partial charge in [-0.05, 0) is 31.1 Å². The zero-order chi connectivity index (χ0) is 12.2. The Morgan fingerprint density at radius 3 is 2.69 bits per heavy atom. The van der Waals surface area contributed by atoms with E-state index in [4.69, 9.17) is 4.74 Å². The van der Waals surface area contributed by atoms with Crippen LogP contribution in [-0.2, 0) is 4.74 Å². The monoisotopic (exact) mass is 228 g/mol. The number of hydrogen-bond acceptors (Lipinski definition) is 2. The van der Waals surface area contributed by atoms with Crippen LogP contribution in [0.4, 0.5) is 0 Å². The van der Waals surface area contributed by atoms with E-state index in [9.17, 15) is 5.11 Å². The quantitative estimate of drug-likeness (QED) is 0.781. The van der Waals surface area contributed by atoms with Crippen molar-refractivity contribution in [2.24, 2.45) is 11.8 Å². The first-order chi connectivity index (χ1) is 7.54. The summed E-state index contributed by atoms with van der Waals surface area (Å²) >= 11 is 0. The van der Waals surface area contributed by atoms with Gasteiger partial charge in [-0.25, -0.2) is 0 Å². The van der Waals surface area contributed by atoms with E-state index >= 15 is 0 Å². The molecule has 2 nitrogen and oxygen atoms in total. The third kappa shape index (κ3) is 3.21. The Hall–Kier alpha value is -0.0800. The molecule has 0 bridgehead atoms. The molecular weight excluding hydrogens is 200 g/mol. The molecule has 16 heavy (non-hydrogen) atoms. The first-order valence-corrected chi connectivity index (χ1v) is 6.77. The van der Waals surface area contributed by atoms with E-state index < -0.39 is 0 Å². The van der Waals surface area contributed by atoms with Crippen LogP contribution in [0.5, 0.6) is 0 Å². The molecule has 1 N–H and O–H groups in total. The average molecular weight is 228 g/mol. The Morgan fingerprint density at radius 1 is 1.50 bits per heavy atom. The first-order valence-electron chi connectivity index (χ1n) is 6.77. The molecule has 0 amide bonds. The van der Waals surface area contributed by atoms with Gasteiger partial charge in [0.1, 0.15) is 0 Å². The lowest BCUT2D eigenvalue weighted by Crippen LogP contribution is -2.48. The van der Waals surface area contributed by atoms with Gasteiger partial charge in [0.2, 0.25) is 0 Å². The van der Waals surface area contributed by atoms with E-state index in [0.717, 1.165) is 25.7 Å². The van der Waals surface area contributed by atoms with Gasteiger partial charge in [-0.15, -0.1) is 0 Å². The molecule has 4 atom stereocenters. The lowest BCUT2D eigenvalue weighted by Gasteiger charge is -2.43. The van der Waals surface area contributed by atoms with Gasteiger partial charge in [-0.1, -0.05) is 40.0 Å². The van der Waals surface area contributed by atoms with Crippen molar-refractivity contribution in [3.8, 4) is 0 Å². The summed E-state index contributed by atoms with van der Waals surface area (Å²) in [7, 11) is 1.76. The van der Waals surface area contributed by atoms with Gasteiger partial charge in [-0.3, -0.25) is 0 Å². The average Bonchev–Trinajstić information content (AvgIpc) is 2.28. The largest absolute Gasteiger partial charge is 0.390 e. The van der Waals surface area contributed by atoms with E-state index in [2.05, 4.69) is 20.8 Å². The molecular formula is C14H28O2. The molecule has 1 aliphatic carbocycles. The third-order valence-electron chi connectivity index (χ3n) is 4.33. The molecule has 0 heterocycles. The predicted octanol–water partition coefficient (Wildman–Crippen LogP) is 3.38. The molecule has 0 saturated heterocycles. The maximum absolute atomic E-state index is 10.4. The van der Waals surface area contributed by atoms with Gasteiger partial charge in [0, 0.05) is 7.11 Å². The number of aliphatic hydroxyl groups excluding tert-OH is 1. The summed E-state index contributed by atoms with van der Waals surface area (Å²) in [5.74, 6) is 1.26. The fraction of sp³-hybridized carbons (Fsp3) is 1.00. The third-order valence-corrected chi connectivity index (χ3v) is 4.33. The van der Waals surface area contributed by atoms with Crippen molar-refractivity contribution in [1.29, 1.82) is 0 Å². The van der Waals surface area contributed by atoms with Crippen LogP contribution in [0.15, 0.2) is 0 Å². The number of rotatable bonds is 5. The van der Waals surface area contributed by atoms with Gasteiger partial charge in [0.25, 0.3) is 0 Å². The Morgan fingerprint density at radius 2 is 2.19 bits per heavy atom. The summed E-state index contributed by atoms with van der Waals surface area (Å²) in [6.07, 6.45) is 6.21. The van der Waals surface area contributed by atoms with Gasteiger partial charge in [0.05, 0.1) is 11.7 Å². The van der Waals surface area contributed by atoms with Crippen LogP contribution in [0.1, 0.15) is 59.3 Å². The maximum atomic E-state index is 10.4. The molecule has 1 saturated carbocycles. The fourth-order valence-corrected chi connectivity index (χ4v) is 2.93. The standard InChI is InChI=1S/C14H28O2/c1-5-11(2)9-13(15)14(16-4)8-6-7-12(3)10-14/h11-13,15H,5-10H2,1-4H3. The summed E-state index contributed by atoms with van der Waals surface area (Å²) in [4.78, 5) is 0. The molecule has 0 aliphatic heterocycles.